The van der Waals surface area contributed by atoms with Crippen LogP contribution in [0.3, 0.4) is 0 Å². The van der Waals surface area contributed by atoms with Crippen molar-refractivity contribution in [3.63, 3.8) is 0 Å². The fraction of sp³-hybridized carbons (Fsp3) is 1.00. The molecule has 0 saturated heterocycles. The molecule has 0 amide bonds. The number of aliphatic hydroxyl groups excluding tert-OH is 1. The number of unbranched alkanes of at least 4 members (excludes halogenated alkanes) is 1. The maximum atomic E-state index is 8.70. The second-order valence-electron chi connectivity index (χ2n) is 3.36. The normalized spacial score (nSPS) is 13.6. The summed E-state index contributed by atoms with van der Waals surface area (Å²) in [7, 11) is 0. The molecule has 4 nitrogen and oxygen atoms in total. The number of hydrogen-bond acceptors (Lipinski definition) is 4. The minimum Gasteiger partial charge on any atom is -0.870 e. The van der Waals surface area contributed by atoms with Gasteiger partial charge in [0.25, 0.3) is 0 Å². The van der Waals surface area contributed by atoms with Crippen LogP contribution in [0.5, 0.6) is 0 Å². The second kappa shape index (κ2) is 14.8. The molecule has 2 unspecified atom stereocenters. The van der Waals surface area contributed by atoms with Gasteiger partial charge in [-0.1, -0.05) is 13.3 Å². The molecule has 15 heavy (non-hydrogen) atoms. The van der Waals surface area contributed by atoms with Gasteiger partial charge in [0.05, 0.1) is 25.4 Å². The summed E-state index contributed by atoms with van der Waals surface area (Å²) in [5.74, 6) is 0. The maximum Gasteiger partial charge on any atom is 1.00 e. The molecule has 0 fully saturated rings. The third kappa shape index (κ3) is 14.8. The molecule has 0 rings (SSSR count). The Bertz CT molecular complexity index is 114. The van der Waals surface area contributed by atoms with Gasteiger partial charge >= 0.3 is 29.6 Å². The molecule has 0 radical (unpaired) electrons. The van der Waals surface area contributed by atoms with Gasteiger partial charge in [0.2, 0.25) is 0 Å². The van der Waals surface area contributed by atoms with Gasteiger partial charge in [0, 0.05) is 6.61 Å². The molecule has 0 heterocycles. The molecule has 0 aromatic heterocycles. The summed E-state index contributed by atoms with van der Waals surface area (Å²) in [5, 5.41) is 8.70. The zero-order valence-electron chi connectivity index (χ0n) is 10.4. The molecule has 0 bridgehead atoms. The van der Waals surface area contributed by atoms with Crippen molar-refractivity contribution < 1.29 is 49.6 Å². The summed E-state index contributed by atoms with van der Waals surface area (Å²) in [5.41, 5.74) is 0. The summed E-state index contributed by atoms with van der Waals surface area (Å²) >= 11 is 0. The Kier molecular flexibility index (Phi) is 20.9. The van der Waals surface area contributed by atoms with Crippen LogP contribution in [0, 0.1) is 0 Å². The predicted molar refractivity (Wildman–Crippen MR) is 54.8 cm³/mol. The summed E-state index contributed by atoms with van der Waals surface area (Å²) < 4.78 is 10.8. The predicted octanol–water partition coefficient (Wildman–Crippen LogP) is -1.58. The quantitative estimate of drug-likeness (QED) is 0.403. The van der Waals surface area contributed by atoms with Crippen LogP contribution in [-0.4, -0.2) is 42.6 Å². The Morgan fingerprint density at radius 3 is 2.20 bits per heavy atom. The average molecular weight is 230 g/mol. The Morgan fingerprint density at radius 1 is 1.13 bits per heavy atom. The van der Waals surface area contributed by atoms with Crippen molar-refractivity contribution in [1.29, 1.82) is 0 Å². The Hall–Kier alpha value is 0.840. The number of hydrogen-bond donors (Lipinski definition) is 1. The van der Waals surface area contributed by atoms with Gasteiger partial charge in [-0.25, -0.2) is 0 Å². The maximum absolute atomic E-state index is 8.70. The zero-order chi connectivity index (χ0) is 10.1. The smallest absolute Gasteiger partial charge is 0.870 e. The van der Waals surface area contributed by atoms with Crippen LogP contribution in [-0.2, 0) is 9.47 Å². The minimum atomic E-state index is -0.0859. The molecule has 0 aliphatic rings. The second-order valence-corrected chi connectivity index (χ2v) is 3.36. The van der Waals surface area contributed by atoms with Crippen LogP contribution in [0.25, 0.3) is 0 Å². The van der Waals surface area contributed by atoms with Crippen LogP contribution in [0.1, 0.15) is 33.6 Å². The van der Waals surface area contributed by atoms with Gasteiger partial charge in [-0.3, -0.25) is 0 Å². The van der Waals surface area contributed by atoms with E-state index in [0.29, 0.717) is 6.61 Å². The molecule has 0 aromatic carbocycles. The van der Waals surface area contributed by atoms with Crippen LogP contribution in [0.15, 0.2) is 0 Å². The van der Waals surface area contributed by atoms with E-state index in [2.05, 4.69) is 6.92 Å². The van der Waals surface area contributed by atoms with E-state index in [1.165, 1.54) is 0 Å². The molecule has 0 aliphatic heterocycles. The minimum absolute atomic E-state index is 0. The van der Waals surface area contributed by atoms with E-state index >= 15 is 0 Å². The van der Waals surface area contributed by atoms with E-state index in [9.17, 15) is 0 Å². The van der Waals surface area contributed by atoms with Crippen molar-refractivity contribution in [3.05, 3.63) is 0 Å². The average Bonchev–Trinajstić information content (AvgIpc) is 2.14. The number of ether oxygens (including phenoxy) is 2. The summed E-state index contributed by atoms with van der Waals surface area (Å²) in [6, 6.07) is 0. The van der Waals surface area contributed by atoms with E-state index in [0.717, 1.165) is 19.4 Å². The van der Waals surface area contributed by atoms with Crippen LogP contribution < -0.4 is 29.6 Å². The first kappa shape index (κ1) is 21.2. The fourth-order valence-electron chi connectivity index (χ4n) is 0.829. The Balaban J connectivity index is -0.000000720. The van der Waals surface area contributed by atoms with Crippen molar-refractivity contribution in [3.8, 4) is 0 Å². The van der Waals surface area contributed by atoms with Gasteiger partial charge in [-0.05, 0) is 20.3 Å². The number of aliphatic hydroxyl groups is 1. The molecule has 0 spiro atoms. The van der Waals surface area contributed by atoms with Crippen molar-refractivity contribution >= 4 is 0 Å². The van der Waals surface area contributed by atoms with Gasteiger partial charge in [-0.2, -0.15) is 0 Å². The van der Waals surface area contributed by atoms with Crippen LogP contribution >= 0.6 is 0 Å². The Morgan fingerprint density at radius 2 is 1.73 bits per heavy atom. The van der Waals surface area contributed by atoms with E-state index in [-0.39, 0.29) is 53.8 Å². The third-order valence-electron chi connectivity index (χ3n) is 1.77. The molecular formula is C10H23NaO4. The molecule has 0 aliphatic carbocycles. The van der Waals surface area contributed by atoms with Crippen molar-refractivity contribution in [2.45, 2.75) is 45.8 Å². The number of rotatable bonds is 8. The topological polar surface area (TPSA) is 68.7 Å². The summed E-state index contributed by atoms with van der Waals surface area (Å²) in [4.78, 5) is 0. The Labute approximate surface area is 115 Å². The SMILES string of the molecule is CCCCOC(C)COC(C)CO.[Na+].[OH-]. The first-order valence-corrected chi connectivity index (χ1v) is 5.04. The first-order chi connectivity index (χ1) is 6.20. The van der Waals surface area contributed by atoms with Crippen LogP contribution in [0.4, 0.5) is 0 Å². The van der Waals surface area contributed by atoms with Crippen molar-refractivity contribution in [2.75, 3.05) is 19.8 Å². The summed E-state index contributed by atoms with van der Waals surface area (Å²) in [6.45, 7) is 7.40. The van der Waals surface area contributed by atoms with E-state index < -0.39 is 0 Å². The molecule has 0 aromatic rings. The summed E-state index contributed by atoms with van der Waals surface area (Å²) in [6.07, 6.45) is 2.29. The van der Waals surface area contributed by atoms with Crippen molar-refractivity contribution in [2.24, 2.45) is 0 Å². The molecule has 88 valence electrons. The van der Waals surface area contributed by atoms with E-state index in [1.807, 2.05) is 13.8 Å². The van der Waals surface area contributed by atoms with E-state index in [4.69, 9.17) is 14.6 Å². The standard InChI is InChI=1S/C10H22O3.Na.H2O/c1-4-5-6-12-10(3)8-13-9(2)7-11;;/h9-11H,4-8H2,1-3H3;;1H2/q;+1;/p-1. The van der Waals surface area contributed by atoms with Gasteiger partial charge in [-0.15, -0.1) is 0 Å². The van der Waals surface area contributed by atoms with Gasteiger partial charge < -0.3 is 20.1 Å². The molecule has 2 atom stereocenters. The zero-order valence-corrected chi connectivity index (χ0v) is 12.4. The molecular weight excluding hydrogens is 207 g/mol. The monoisotopic (exact) mass is 230 g/mol. The molecule has 0 saturated carbocycles. The molecule has 5 heteroatoms. The largest absolute Gasteiger partial charge is 1.00 e. The van der Waals surface area contributed by atoms with Gasteiger partial charge in [0.1, 0.15) is 0 Å². The molecule has 2 N–H and O–H groups in total. The first-order valence-electron chi connectivity index (χ1n) is 5.04. The fourth-order valence-corrected chi connectivity index (χ4v) is 0.829. The van der Waals surface area contributed by atoms with Crippen molar-refractivity contribution in [1.82, 2.24) is 0 Å². The van der Waals surface area contributed by atoms with E-state index in [1.54, 1.807) is 0 Å². The van der Waals surface area contributed by atoms with Gasteiger partial charge in [0.15, 0.2) is 0 Å². The third-order valence-corrected chi connectivity index (χ3v) is 1.77. The van der Waals surface area contributed by atoms with Crippen LogP contribution in [0.2, 0.25) is 0 Å².